The van der Waals surface area contributed by atoms with Crippen LogP contribution < -0.4 is 0 Å². The molecule has 1 rings (SSSR count). The summed E-state index contributed by atoms with van der Waals surface area (Å²) in [5.41, 5.74) is 0. The SMILES string of the molecule is CCSC(SCC)[C@@H]1OC(C)(C)O[C@H]1[C@H](O)CO. The molecule has 0 aromatic heterocycles. The highest BCUT2D eigenvalue weighted by Crippen LogP contribution is 2.39. The minimum atomic E-state index is -0.894. The fourth-order valence-corrected chi connectivity index (χ4v) is 4.65. The Labute approximate surface area is 118 Å². The van der Waals surface area contributed by atoms with Crippen molar-refractivity contribution in [1.82, 2.24) is 0 Å². The predicted molar refractivity (Wildman–Crippen MR) is 77.0 cm³/mol. The van der Waals surface area contributed by atoms with Gasteiger partial charge in [0, 0.05) is 0 Å². The Morgan fingerprint density at radius 2 is 1.61 bits per heavy atom. The molecule has 0 aliphatic carbocycles. The van der Waals surface area contributed by atoms with Crippen LogP contribution in [-0.2, 0) is 9.47 Å². The lowest BCUT2D eigenvalue weighted by molar-refractivity contribution is -0.156. The van der Waals surface area contributed by atoms with E-state index in [1.54, 1.807) is 23.5 Å². The maximum atomic E-state index is 9.87. The van der Waals surface area contributed by atoms with Crippen LogP contribution in [0.4, 0.5) is 0 Å². The van der Waals surface area contributed by atoms with Gasteiger partial charge in [0.05, 0.1) is 11.2 Å². The summed E-state index contributed by atoms with van der Waals surface area (Å²) in [4.78, 5) is 0. The van der Waals surface area contributed by atoms with E-state index < -0.39 is 18.0 Å². The predicted octanol–water partition coefficient (Wildman–Crippen LogP) is 1.69. The zero-order chi connectivity index (χ0) is 13.8. The minimum absolute atomic E-state index is 0.197. The first kappa shape index (κ1) is 16.6. The molecule has 0 amide bonds. The summed E-state index contributed by atoms with van der Waals surface area (Å²) in [5, 5.41) is 19.0. The van der Waals surface area contributed by atoms with Gasteiger partial charge in [0.15, 0.2) is 5.79 Å². The van der Waals surface area contributed by atoms with Crippen molar-refractivity contribution in [3.8, 4) is 0 Å². The number of rotatable bonds is 7. The van der Waals surface area contributed by atoms with Crippen LogP contribution in [0.5, 0.6) is 0 Å². The van der Waals surface area contributed by atoms with Crippen molar-refractivity contribution in [3.05, 3.63) is 0 Å². The Kier molecular flexibility index (Phi) is 6.78. The van der Waals surface area contributed by atoms with E-state index in [9.17, 15) is 5.11 Å². The molecule has 6 heteroatoms. The fraction of sp³-hybridized carbons (Fsp3) is 1.00. The average Bonchev–Trinajstić information content (AvgIpc) is 2.64. The van der Waals surface area contributed by atoms with Gasteiger partial charge in [0.1, 0.15) is 18.3 Å². The lowest BCUT2D eigenvalue weighted by Crippen LogP contribution is -2.42. The molecule has 0 bridgehead atoms. The third-order valence-electron chi connectivity index (χ3n) is 2.66. The van der Waals surface area contributed by atoms with Crippen LogP contribution in [0.2, 0.25) is 0 Å². The van der Waals surface area contributed by atoms with E-state index in [1.165, 1.54) is 0 Å². The Hall–Kier alpha value is 0.540. The third kappa shape index (κ3) is 4.28. The summed E-state index contributed by atoms with van der Waals surface area (Å²) in [6.45, 7) is 7.59. The quantitative estimate of drug-likeness (QED) is 0.697. The molecule has 108 valence electrons. The summed E-state index contributed by atoms with van der Waals surface area (Å²) in [6.07, 6.45) is -1.56. The van der Waals surface area contributed by atoms with Gasteiger partial charge in [-0.15, -0.1) is 23.5 Å². The number of hydrogen-bond acceptors (Lipinski definition) is 6. The molecule has 1 aliphatic rings. The smallest absolute Gasteiger partial charge is 0.163 e. The van der Waals surface area contributed by atoms with E-state index in [1.807, 2.05) is 13.8 Å². The van der Waals surface area contributed by atoms with Gasteiger partial charge in [-0.2, -0.15) is 0 Å². The Balaban J connectivity index is 2.80. The van der Waals surface area contributed by atoms with E-state index in [-0.39, 0.29) is 17.3 Å². The second-order valence-electron chi connectivity index (χ2n) is 4.59. The highest BCUT2D eigenvalue weighted by atomic mass is 32.2. The van der Waals surface area contributed by atoms with Gasteiger partial charge in [-0.3, -0.25) is 0 Å². The van der Waals surface area contributed by atoms with Gasteiger partial charge in [-0.25, -0.2) is 0 Å². The van der Waals surface area contributed by atoms with E-state index in [4.69, 9.17) is 14.6 Å². The molecule has 1 saturated heterocycles. The largest absolute Gasteiger partial charge is 0.394 e. The van der Waals surface area contributed by atoms with Crippen molar-refractivity contribution in [3.63, 3.8) is 0 Å². The van der Waals surface area contributed by atoms with Crippen molar-refractivity contribution < 1.29 is 19.7 Å². The monoisotopic (exact) mass is 296 g/mol. The number of aliphatic hydroxyl groups excluding tert-OH is 2. The molecule has 0 saturated carbocycles. The number of hydrogen-bond donors (Lipinski definition) is 2. The summed E-state index contributed by atoms with van der Waals surface area (Å²) < 4.78 is 11.9. The first-order valence-electron chi connectivity index (χ1n) is 6.33. The van der Waals surface area contributed by atoms with Crippen LogP contribution in [0.1, 0.15) is 27.7 Å². The van der Waals surface area contributed by atoms with Gasteiger partial charge in [-0.05, 0) is 25.4 Å². The Bertz CT molecular complexity index is 244. The van der Waals surface area contributed by atoms with Gasteiger partial charge in [-0.1, -0.05) is 13.8 Å². The van der Waals surface area contributed by atoms with Crippen molar-refractivity contribution in [2.75, 3.05) is 18.1 Å². The topological polar surface area (TPSA) is 58.9 Å². The van der Waals surface area contributed by atoms with Crippen molar-refractivity contribution >= 4 is 23.5 Å². The standard InChI is InChI=1S/C12H24O4S2/c1-5-17-11(18-6-2)10-9(8(14)7-13)15-12(3,4)16-10/h8-11,13-14H,5-7H2,1-4H3/t8-,9+,10-/m1/s1. The molecule has 2 N–H and O–H groups in total. The second-order valence-corrected chi connectivity index (χ2v) is 7.73. The fourth-order valence-electron chi connectivity index (χ4n) is 2.00. The van der Waals surface area contributed by atoms with Gasteiger partial charge in [0.25, 0.3) is 0 Å². The van der Waals surface area contributed by atoms with Crippen LogP contribution in [0.25, 0.3) is 0 Å². The number of ether oxygens (including phenoxy) is 2. The Morgan fingerprint density at radius 3 is 2.06 bits per heavy atom. The second kappa shape index (κ2) is 7.36. The van der Waals surface area contributed by atoms with Gasteiger partial charge in [0.2, 0.25) is 0 Å². The first-order chi connectivity index (χ1) is 8.45. The minimum Gasteiger partial charge on any atom is -0.394 e. The summed E-state index contributed by atoms with van der Waals surface area (Å²) in [7, 11) is 0. The van der Waals surface area contributed by atoms with E-state index >= 15 is 0 Å². The zero-order valence-electron chi connectivity index (χ0n) is 11.5. The normalized spacial score (nSPS) is 28.8. The molecule has 0 spiro atoms. The third-order valence-corrected chi connectivity index (χ3v) is 5.34. The van der Waals surface area contributed by atoms with E-state index in [0.717, 1.165) is 11.5 Å². The van der Waals surface area contributed by atoms with Crippen molar-refractivity contribution in [2.45, 2.75) is 56.4 Å². The highest BCUT2D eigenvalue weighted by molar-refractivity contribution is 8.17. The molecule has 1 aliphatic heterocycles. The molecular weight excluding hydrogens is 272 g/mol. The van der Waals surface area contributed by atoms with Crippen LogP contribution >= 0.6 is 23.5 Å². The zero-order valence-corrected chi connectivity index (χ0v) is 13.1. The van der Waals surface area contributed by atoms with E-state index in [0.29, 0.717) is 0 Å². The molecule has 3 atom stereocenters. The van der Waals surface area contributed by atoms with E-state index in [2.05, 4.69) is 13.8 Å². The molecule has 0 aromatic carbocycles. The van der Waals surface area contributed by atoms with Crippen LogP contribution in [-0.4, -0.2) is 57.0 Å². The summed E-state index contributed by atoms with van der Waals surface area (Å²) >= 11 is 3.59. The molecule has 1 fully saturated rings. The van der Waals surface area contributed by atoms with Crippen LogP contribution in [0.3, 0.4) is 0 Å². The molecule has 18 heavy (non-hydrogen) atoms. The summed E-state index contributed by atoms with van der Waals surface area (Å²) in [6, 6.07) is 0. The van der Waals surface area contributed by atoms with Gasteiger partial charge >= 0.3 is 0 Å². The number of aliphatic hydroxyl groups is 2. The average molecular weight is 296 g/mol. The van der Waals surface area contributed by atoms with Crippen LogP contribution in [0, 0.1) is 0 Å². The first-order valence-corrected chi connectivity index (χ1v) is 8.42. The van der Waals surface area contributed by atoms with Crippen molar-refractivity contribution in [1.29, 1.82) is 0 Å². The van der Waals surface area contributed by atoms with Crippen LogP contribution in [0.15, 0.2) is 0 Å². The molecule has 0 aromatic rings. The summed E-state index contributed by atoms with van der Waals surface area (Å²) in [5.74, 6) is 1.27. The maximum Gasteiger partial charge on any atom is 0.163 e. The molecule has 0 radical (unpaired) electrons. The number of thioether (sulfide) groups is 2. The maximum absolute atomic E-state index is 9.87. The molecule has 1 heterocycles. The molecule has 0 unspecified atom stereocenters. The highest BCUT2D eigenvalue weighted by Gasteiger charge is 2.48. The molecule has 4 nitrogen and oxygen atoms in total. The van der Waals surface area contributed by atoms with Gasteiger partial charge < -0.3 is 19.7 Å². The lowest BCUT2D eigenvalue weighted by Gasteiger charge is -2.27. The van der Waals surface area contributed by atoms with Crippen molar-refractivity contribution in [2.24, 2.45) is 0 Å². The molecular formula is C12H24O4S2. The lowest BCUT2D eigenvalue weighted by atomic mass is 10.1. The Morgan fingerprint density at radius 1 is 1.11 bits per heavy atom.